The minimum atomic E-state index is -0.275. The number of likely N-dealkylation sites (N-methyl/N-ethyl adjacent to an activating group) is 1. The summed E-state index contributed by atoms with van der Waals surface area (Å²) in [5, 5.41) is 11.3. The minimum absolute atomic E-state index is 0.182. The summed E-state index contributed by atoms with van der Waals surface area (Å²) in [5.41, 5.74) is 7.91. The van der Waals surface area contributed by atoms with Crippen molar-refractivity contribution in [1.29, 1.82) is 5.26 Å². The molecule has 6 heteroatoms. The Balaban J connectivity index is 3.77. The molecule has 0 spiro atoms. The molecule has 0 bridgehead atoms. The van der Waals surface area contributed by atoms with Crippen molar-refractivity contribution in [2.45, 2.75) is 6.42 Å². The third-order valence-corrected chi connectivity index (χ3v) is 1.25. The van der Waals surface area contributed by atoms with Gasteiger partial charge in [-0.2, -0.15) is 5.26 Å². The zero-order valence-corrected chi connectivity index (χ0v) is 6.77. The molecule has 12 heavy (non-hydrogen) atoms. The Kier molecular flexibility index (Phi) is 5.14. The lowest BCUT2D eigenvalue weighted by Gasteiger charge is -2.12. The highest BCUT2D eigenvalue weighted by Gasteiger charge is 2.05. The molecule has 0 aromatic carbocycles. The molecule has 0 N–H and O–H groups in total. The minimum Gasteiger partial charge on any atom is -0.345 e. The second-order valence-corrected chi connectivity index (χ2v) is 2.11. The van der Waals surface area contributed by atoms with Gasteiger partial charge >= 0.3 is 0 Å². The van der Waals surface area contributed by atoms with Gasteiger partial charge in [-0.25, -0.2) is 0 Å². The third kappa shape index (κ3) is 4.14. The maximum atomic E-state index is 11.0. The van der Waals surface area contributed by atoms with Crippen molar-refractivity contribution in [3.05, 3.63) is 10.4 Å². The Morgan fingerprint density at radius 3 is 3.00 bits per heavy atom. The van der Waals surface area contributed by atoms with Crippen molar-refractivity contribution in [1.82, 2.24) is 4.90 Å². The average molecular weight is 167 g/mol. The molecule has 6 nitrogen and oxygen atoms in total. The van der Waals surface area contributed by atoms with Crippen molar-refractivity contribution in [3.8, 4) is 6.07 Å². The maximum Gasteiger partial charge on any atom is 0.228 e. The fraction of sp³-hybridized carbons (Fsp3) is 0.667. The smallest absolute Gasteiger partial charge is 0.228 e. The van der Waals surface area contributed by atoms with Crippen LogP contribution in [0.15, 0.2) is 5.11 Å². The number of amides is 1. The largest absolute Gasteiger partial charge is 0.345 e. The lowest BCUT2D eigenvalue weighted by Crippen LogP contribution is -2.29. The van der Waals surface area contributed by atoms with E-state index in [1.165, 1.54) is 4.90 Å². The van der Waals surface area contributed by atoms with Gasteiger partial charge in [-0.15, -0.1) is 0 Å². The molecule has 1 amide bonds. The van der Waals surface area contributed by atoms with Crippen LogP contribution in [-0.4, -0.2) is 30.9 Å². The quantitative estimate of drug-likeness (QED) is 0.349. The summed E-state index contributed by atoms with van der Waals surface area (Å²) in [7, 11) is 1.56. The molecule has 64 valence electrons. The first-order valence-corrected chi connectivity index (χ1v) is 3.34. The van der Waals surface area contributed by atoms with Gasteiger partial charge in [0.25, 0.3) is 0 Å². The number of hydrogen-bond acceptors (Lipinski definition) is 3. The number of nitriles is 1. The highest BCUT2D eigenvalue weighted by molar-refractivity contribution is 5.78. The van der Waals surface area contributed by atoms with Gasteiger partial charge in [-0.1, -0.05) is 5.11 Å². The molecular weight excluding hydrogens is 158 g/mol. The Hall–Kier alpha value is -1.73. The van der Waals surface area contributed by atoms with Gasteiger partial charge in [0.2, 0.25) is 5.91 Å². The van der Waals surface area contributed by atoms with Gasteiger partial charge in [0.05, 0.1) is 12.5 Å². The van der Waals surface area contributed by atoms with Crippen molar-refractivity contribution in [3.63, 3.8) is 0 Å². The van der Waals surface area contributed by atoms with Crippen molar-refractivity contribution < 1.29 is 4.79 Å². The first-order chi connectivity index (χ1) is 5.72. The monoisotopic (exact) mass is 167 g/mol. The van der Waals surface area contributed by atoms with Crippen LogP contribution in [0.25, 0.3) is 10.4 Å². The molecule has 0 aromatic heterocycles. The zero-order valence-electron chi connectivity index (χ0n) is 6.77. The first-order valence-electron chi connectivity index (χ1n) is 3.34. The topological polar surface area (TPSA) is 92.9 Å². The van der Waals surface area contributed by atoms with E-state index in [-0.39, 0.29) is 12.5 Å². The van der Waals surface area contributed by atoms with Crippen LogP contribution in [0.3, 0.4) is 0 Å². The van der Waals surface area contributed by atoms with Crippen LogP contribution >= 0.6 is 0 Å². The van der Waals surface area contributed by atoms with Crippen LogP contribution in [0.4, 0.5) is 0 Å². The van der Waals surface area contributed by atoms with E-state index in [4.69, 9.17) is 10.8 Å². The molecular formula is C6H9N5O. The van der Waals surface area contributed by atoms with E-state index < -0.39 is 0 Å². The summed E-state index contributed by atoms with van der Waals surface area (Å²) in [6.07, 6.45) is 0.290. The number of carbonyl (C=O) groups is 1. The Morgan fingerprint density at radius 2 is 2.50 bits per heavy atom. The van der Waals surface area contributed by atoms with Crippen LogP contribution in [0, 0.1) is 11.3 Å². The SMILES string of the molecule is CN(CCC#N)C(=O)CN=[N+]=[N-]. The van der Waals surface area contributed by atoms with Crippen LogP contribution in [0.5, 0.6) is 0 Å². The van der Waals surface area contributed by atoms with E-state index in [0.29, 0.717) is 13.0 Å². The predicted molar refractivity (Wildman–Crippen MR) is 41.9 cm³/mol. The molecule has 0 rings (SSSR count). The van der Waals surface area contributed by atoms with Crippen LogP contribution < -0.4 is 0 Å². The van der Waals surface area contributed by atoms with Crippen LogP contribution in [-0.2, 0) is 4.79 Å². The van der Waals surface area contributed by atoms with Crippen molar-refractivity contribution in [2.24, 2.45) is 5.11 Å². The summed E-state index contributed by atoms with van der Waals surface area (Å²) in [6, 6.07) is 1.91. The molecule has 0 radical (unpaired) electrons. The molecule has 0 fully saturated rings. The van der Waals surface area contributed by atoms with Gasteiger partial charge in [0.1, 0.15) is 6.54 Å². The first kappa shape index (κ1) is 10.3. The number of rotatable bonds is 4. The van der Waals surface area contributed by atoms with Crippen LogP contribution in [0.1, 0.15) is 6.42 Å². The summed E-state index contributed by atoms with van der Waals surface area (Å²) in [4.78, 5) is 14.8. The Labute approximate surface area is 70.0 Å². The highest BCUT2D eigenvalue weighted by Crippen LogP contribution is 1.88. The van der Waals surface area contributed by atoms with Crippen molar-refractivity contribution in [2.75, 3.05) is 20.1 Å². The molecule has 0 atom stereocenters. The summed E-state index contributed by atoms with van der Waals surface area (Å²) in [6.45, 7) is 0.189. The summed E-state index contributed by atoms with van der Waals surface area (Å²) in [5.74, 6) is -0.275. The molecule has 0 aliphatic carbocycles. The van der Waals surface area contributed by atoms with E-state index in [9.17, 15) is 4.79 Å². The number of azide groups is 1. The molecule has 0 aliphatic heterocycles. The van der Waals surface area contributed by atoms with Gasteiger partial charge in [-0.05, 0) is 5.53 Å². The van der Waals surface area contributed by atoms with Gasteiger partial charge in [-0.3, -0.25) is 4.79 Å². The maximum absolute atomic E-state index is 11.0. The highest BCUT2D eigenvalue weighted by atomic mass is 16.2. The summed E-state index contributed by atoms with van der Waals surface area (Å²) >= 11 is 0. The lowest BCUT2D eigenvalue weighted by molar-refractivity contribution is -0.128. The molecule has 0 aromatic rings. The molecule has 0 heterocycles. The van der Waals surface area contributed by atoms with Gasteiger partial charge in [0.15, 0.2) is 0 Å². The lowest BCUT2D eigenvalue weighted by atomic mass is 10.4. The average Bonchev–Trinajstić information content (AvgIpc) is 2.10. The van der Waals surface area contributed by atoms with Gasteiger partial charge < -0.3 is 4.90 Å². The van der Waals surface area contributed by atoms with E-state index in [0.717, 1.165) is 0 Å². The summed E-state index contributed by atoms with van der Waals surface area (Å²) < 4.78 is 0. The molecule has 0 saturated heterocycles. The number of nitrogens with zero attached hydrogens (tertiary/aromatic N) is 5. The predicted octanol–water partition coefficient (Wildman–Crippen LogP) is 0.669. The molecule has 0 saturated carbocycles. The third-order valence-electron chi connectivity index (χ3n) is 1.25. The Bertz CT molecular complexity index is 237. The fourth-order valence-corrected chi connectivity index (χ4v) is 0.555. The Morgan fingerprint density at radius 1 is 1.83 bits per heavy atom. The normalized spacial score (nSPS) is 8.00. The van der Waals surface area contributed by atoms with Gasteiger partial charge in [0, 0.05) is 18.5 Å². The van der Waals surface area contributed by atoms with E-state index in [1.54, 1.807) is 7.05 Å². The van der Waals surface area contributed by atoms with Crippen LogP contribution in [0.2, 0.25) is 0 Å². The fourth-order valence-electron chi connectivity index (χ4n) is 0.555. The molecule has 0 aliphatic rings. The van der Waals surface area contributed by atoms with E-state index in [1.807, 2.05) is 6.07 Å². The molecule has 0 unspecified atom stereocenters. The van der Waals surface area contributed by atoms with Crippen molar-refractivity contribution >= 4 is 5.91 Å². The van der Waals surface area contributed by atoms with E-state index in [2.05, 4.69) is 10.0 Å². The van der Waals surface area contributed by atoms with E-state index >= 15 is 0 Å². The standard InChI is InChI=1S/C6H9N5O/c1-11(4-2-3-7)6(12)5-9-10-8/h2,4-5H2,1H3. The second-order valence-electron chi connectivity index (χ2n) is 2.11. The zero-order chi connectivity index (χ0) is 9.40. The second kappa shape index (κ2) is 6.01. The number of hydrogen-bond donors (Lipinski definition) is 0. The number of carbonyl (C=O) groups excluding carboxylic acids is 1.